The Hall–Kier alpha value is -2.89. The Morgan fingerprint density at radius 3 is 2.67 bits per heavy atom. The highest BCUT2D eigenvalue weighted by Gasteiger charge is 2.31. The Labute approximate surface area is 139 Å². The largest absolute Gasteiger partial charge is 0.333 e. The molecule has 0 bridgehead atoms. The minimum Gasteiger partial charge on any atom is -0.333 e. The van der Waals surface area contributed by atoms with Gasteiger partial charge in [0.1, 0.15) is 5.82 Å². The Balaban J connectivity index is 1.59. The summed E-state index contributed by atoms with van der Waals surface area (Å²) in [6, 6.07) is 13.1. The summed E-state index contributed by atoms with van der Waals surface area (Å²) in [7, 11) is 0. The molecule has 2 aromatic carbocycles. The maximum atomic E-state index is 13.5. The van der Waals surface area contributed by atoms with E-state index < -0.39 is 6.03 Å². The lowest BCUT2D eigenvalue weighted by molar-refractivity contribution is -0.117. The van der Waals surface area contributed by atoms with E-state index in [2.05, 4.69) is 10.6 Å². The smallest absolute Gasteiger partial charge is 0.319 e. The third-order valence-electron chi connectivity index (χ3n) is 3.96. The molecule has 2 aromatic rings. The number of nitrogens with zero attached hydrogens (tertiary/aromatic N) is 1. The van der Waals surface area contributed by atoms with Gasteiger partial charge in [-0.25, -0.2) is 9.18 Å². The van der Waals surface area contributed by atoms with Crippen molar-refractivity contribution in [1.29, 1.82) is 0 Å². The topological polar surface area (TPSA) is 61.4 Å². The van der Waals surface area contributed by atoms with Crippen LogP contribution < -0.4 is 15.5 Å². The zero-order chi connectivity index (χ0) is 17.1. The summed E-state index contributed by atoms with van der Waals surface area (Å²) in [5.74, 6) is -0.410. The highest BCUT2D eigenvalue weighted by Crippen LogP contribution is 2.21. The lowest BCUT2D eigenvalue weighted by atomic mass is 10.2. The van der Waals surface area contributed by atoms with Gasteiger partial charge in [-0.2, -0.15) is 0 Å². The Morgan fingerprint density at radius 2 is 1.96 bits per heavy atom. The van der Waals surface area contributed by atoms with Crippen molar-refractivity contribution in [3.05, 3.63) is 59.9 Å². The quantitative estimate of drug-likeness (QED) is 0.910. The maximum absolute atomic E-state index is 13.5. The fourth-order valence-electron chi connectivity index (χ4n) is 2.68. The first kappa shape index (κ1) is 16.0. The molecule has 1 heterocycles. The third kappa shape index (κ3) is 3.53. The van der Waals surface area contributed by atoms with E-state index in [4.69, 9.17) is 0 Å². The molecule has 1 aliphatic rings. The molecule has 2 N–H and O–H groups in total. The van der Waals surface area contributed by atoms with Crippen molar-refractivity contribution in [1.82, 2.24) is 5.32 Å². The van der Waals surface area contributed by atoms with Gasteiger partial charge in [-0.3, -0.25) is 4.79 Å². The molecule has 1 aliphatic heterocycles. The van der Waals surface area contributed by atoms with E-state index in [-0.39, 0.29) is 24.2 Å². The molecule has 5 nitrogen and oxygen atoms in total. The molecule has 0 aromatic heterocycles. The van der Waals surface area contributed by atoms with Crippen molar-refractivity contribution in [3.8, 4) is 0 Å². The summed E-state index contributed by atoms with van der Waals surface area (Å²) in [5, 5.41) is 5.34. The molecule has 124 valence electrons. The number of para-hydroxylation sites is 1. The van der Waals surface area contributed by atoms with Gasteiger partial charge in [0.25, 0.3) is 0 Å². The van der Waals surface area contributed by atoms with Crippen LogP contribution in [-0.2, 0) is 4.79 Å². The summed E-state index contributed by atoms with van der Waals surface area (Å²) < 4.78 is 13.5. The van der Waals surface area contributed by atoms with Crippen molar-refractivity contribution in [2.45, 2.75) is 19.4 Å². The second-order valence-electron chi connectivity index (χ2n) is 5.80. The average Bonchev–Trinajstić information content (AvgIpc) is 2.92. The monoisotopic (exact) mass is 327 g/mol. The standard InChI is InChI=1S/C18H18FN3O2/c1-12-7-8-13(9-16(12)19)20-18(24)21-14-10-17(23)22(11-14)15-5-3-2-4-6-15/h2-9,14H,10-11H2,1H3,(H2,20,21,24)/t14-/m1/s1. The Bertz CT molecular complexity index is 764. The second-order valence-corrected chi connectivity index (χ2v) is 5.80. The predicted molar refractivity (Wildman–Crippen MR) is 90.5 cm³/mol. The van der Waals surface area contributed by atoms with Gasteiger partial charge in [0.15, 0.2) is 0 Å². The van der Waals surface area contributed by atoms with Gasteiger partial charge in [0.05, 0.1) is 6.04 Å². The summed E-state index contributed by atoms with van der Waals surface area (Å²) in [6.07, 6.45) is 0.241. The first-order valence-electron chi connectivity index (χ1n) is 7.72. The molecule has 0 radical (unpaired) electrons. The average molecular weight is 327 g/mol. The molecule has 1 fully saturated rings. The molecule has 3 rings (SSSR count). The molecule has 0 saturated carbocycles. The van der Waals surface area contributed by atoms with Crippen LogP contribution >= 0.6 is 0 Å². The Morgan fingerprint density at radius 1 is 1.21 bits per heavy atom. The van der Waals surface area contributed by atoms with Gasteiger partial charge >= 0.3 is 6.03 Å². The van der Waals surface area contributed by atoms with Crippen LogP contribution in [0.4, 0.5) is 20.6 Å². The number of nitrogens with one attached hydrogen (secondary N) is 2. The van der Waals surface area contributed by atoms with E-state index in [0.29, 0.717) is 17.8 Å². The molecular weight excluding hydrogens is 309 g/mol. The molecule has 6 heteroatoms. The van der Waals surface area contributed by atoms with E-state index in [1.807, 2.05) is 30.3 Å². The number of carbonyl (C=O) groups excluding carboxylic acids is 2. The number of aryl methyl sites for hydroxylation is 1. The molecule has 1 saturated heterocycles. The van der Waals surface area contributed by atoms with Crippen molar-refractivity contribution >= 4 is 23.3 Å². The van der Waals surface area contributed by atoms with Crippen molar-refractivity contribution in [2.24, 2.45) is 0 Å². The van der Waals surface area contributed by atoms with Gasteiger partial charge in [0, 0.05) is 24.3 Å². The van der Waals surface area contributed by atoms with Crippen LogP contribution in [0.3, 0.4) is 0 Å². The fraction of sp³-hybridized carbons (Fsp3) is 0.222. The van der Waals surface area contributed by atoms with Crippen LogP contribution in [0.1, 0.15) is 12.0 Å². The first-order chi connectivity index (χ1) is 11.5. The predicted octanol–water partition coefficient (Wildman–Crippen LogP) is 3.06. The number of benzene rings is 2. The van der Waals surface area contributed by atoms with Crippen LogP contribution in [0.2, 0.25) is 0 Å². The molecule has 3 amide bonds. The number of anilines is 2. The normalized spacial score (nSPS) is 17.0. The van der Waals surface area contributed by atoms with Crippen molar-refractivity contribution < 1.29 is 14.0 Å². The van der Waals surface area contributed by atoms with Gasteiger partial charge in [-0.15, -0.1) is 0 Å². The number of hydrogen-bond acceptors (Lipinski definition) is 2. The summed E-state index contributed by atoms with van der Waals surface area (Å²) in [5.41, 5.74) is 1.70. The van der Waals surface area contributed by atoms with Crippen LogP contribution in [0, 0.1) is 12.7 Å². The Kier molecular flexibility index (Phi) is 4.46. The van der Waals surface area contributed by atoms with Gasteiger partial charge in [-0.05, 0) is 36.8 Å². The third-order valence-corrected chi connectivity index (χ3v) is 3.96. The van der Waals surface area contributed by atoms with E-state index in [0.717, 1.165) is 5.69 Å². The number of amides is 3. The van der Waals surface area contributed by atoms with Crippen LogP contribution in [0.5, 0.6) is 0 Å². The number of urea groups is 1. The minimum atomic E-state index is -0.453. The van der Waals surface area contributed by atoms with Gasteiger partial charge in [-0.1, -0.05) is 24.3 Å². The molecule has 24 heavy (non-hydrogen) atoms. The van der Waals surface area contributed by atoms with E-state index in [1.54, 1.807) is 24.0 Å². The van der Waals surface area contributed by atoms with Crippen LogP contribution in [-0.4, -0.2) is 24.5 Å². The highest BCUT2D eigenvalue weighted by atomic mass is 19.1. The van der Waals surface area contributed by atoms with Crippen molar-refractivity contribution in [3.63, 3.8) is 0 Å². The SMILES string of the molecule is Cc1ccc(NC(=O)N[C@@H]2CC(=O)N(c3ccccc3)C2)cc1F. The number of rotatable bonds is 3. The molecule has 1 atom stereocenters. The number of carbonyl (C=O) groups is 2. The maximum Gasteiger partial charge on any atom is 0.319 e. The molecule has 0 spiro atoms. The van der Waals surface area contributed by atoms with Gasteiger partial charge in [0.2, 0.25) is 5.91 Å². The van der Waals surface area contributed by atoms with E-state index in [9.17, 15) is 14.0 Å². The summed E-state index contributed by atoms with van der Waals surface area (Å²) in [6.45, 7) is 2.07. The zero-order valence-electron chi connectivity index (χ0n) is 13.3. The number of hydrogen-bond donors (Lipinski definition) is 2. The molecular formula is C18H18FN3O2. The highest BCUT2D eigenvalue weighted by molar-refractivity contribution is 5.97. The van der Waals surface area contributed by atoms with Gasteiger partial charge < -0.3 is 15.5 Å². The molecule has 0 aliphatic carbocycles. The number of halogens is 1. The van der Waals surface area contributed by atoms with E-state index >= 15 is 0 Å². The fourth-order valence-corrected chi connectivity index (χ4v) is 2.68. The van der Waals surface area contributed by atoms with Crippen LogP contribution in [0.15, 0.2) is 48.5 Å². The summed E-state index contributed by atoms with van der Waals surface area (Å²) in [4.78, 5) is 25.8. The zero-order valence-corrected chi connectivity index (χ0v) is 13.3. The van der Waals surface area contributed by atoms with Crippen molar-refractivity contribution in [2.75, 3.05) is 16.8 Å². The van der Waals surface area contributed by atoms with Crippen LogP contribution in [0.25, 0.3) is 0 Å². The minimum absolute atomic E-state index is 0.0344. The summed E-state index contributed by atoms with van der Waals surface area (Å²) >= 11 is 0. The first-order valence-corrected chi connectivity index (χ1v) is 7.72. The molecule has 0 unspecified atom stereocenters. The second kappa shape index (κ2) is 6.70. The lowest BCUT2D eigenvalue weighted by Crippen LogP contribution is -2.39. The lowest BCUT2D eigenvalue weighted by Gasteiger charge is -2.17. The van der Waals surface area contributed by atoms with E-state index in [1.165, 1.54) is 6.07 Å².